The number of carboxylic acid groups (broad SMARTS) is 1. The predicted octanol–water partition coefficient (Wildman–Crippen LogP) is 4.82. The lowest BCUT2D eigenvalue weighted by Crippen LogP contribution is -2.63. The van der Waals surface area contributed by atoms with E-state index in [4.69, 9.17) is 14.2 Å². The zero-order chi connectivity index (χ0) is 57.5. The first-order valence-corrected chi connectivity index (χ1v) is 26.9. The molecule has 23 heteroatoms. The van der Waals surface area contributed by atoms with E-state index in [1.54, 1.807) is 60.7 Å². The molecule has 2 heterocycles. The molecular weight excluding hydrogens is 1050 g/mol. The summed E-state index contributed by atoms with van der Waals surface area (Å²) in [6, 6.07) is 18.4. The van der Waals surface area contributed by atoms with E-state index in [-0.39, 0.29) is 61.5 Å². The zero-order valence-electron chi connectivity index (χ0n) is 44.4. The first-order chi connectivity index (χ1) is 38.6. The molecule has 4 saturated carbocycles. The zero-order valence-corrected chi connectivity index (χ0v) is 44.4. The molecule has 21 nitrogen and oxygen atoms in total. The number of alkyl halides is 2. The standard InChI is InChI=1S/C58H62F2N8O13/c1-54-20-19-39(70)22-37(54)13-16-40-41-23-45-58(44(72)27-69,55(41,2)25-43(71)49(40)54)81-52(80-45)36-11-5-33(6-12-36)24-56(29-57(59,60)30-56)66-53(78)79-28-34-7-14-38(15-8-34)64-51(77)42(17-18-48(75)76)65-47(74)26-61-46(73)21-32-3-9-35(10-4-32)50-67-62-31-63-68-50/h3-12,14-15,19-20,22,31,40-43,45,49,52,69,71H,13,16-18,21,23-30H2,1-2H3,(H,61,73)(H,64,77)(H,65,74)(H,66,78)(H,75,76)/t40-,41-,42-,43-,45+,49+,52?,54-,55-,58+/m0/s1. The molecule has 426 valence electrons. The van der Waals surface area contributed by atoms with Crippen molar-refractivity contribution in [1.82, 2.24) is 36.3 Å². The number of carbonyl (C=O) groups excluding carboxylic acids is 6. The van der Waals surface area contributed by atoms with E-state index in [1.807, 2.05) is 13.0 Å². The van der Waals surface area contributed by atoms with Gasteiger partial charge in [-0.05, 0) is 91.3 Å². The van der Waals surface area contributed by atoms with Crippen molar-refractivity contribution in [3.8, 4) is 11.4 Å². The molecule has 4 aromatic rings. The summed E-state index contributed by atoms with van der Waals surface area (Å²) in [5, 5.41) is 57.1. The van der Waals surface area contributed by atoms with Gasteiger partial charge in [0.2, 0.25) is 23.5 Å². The van der Waals surface area contributed by atoms with Gasteiger partial charge in [0.05, 0.1) is 30.7 Å². The number of halogens is 2. The number of rotatable bonds is 19. The molecule has 0 bridgehead atoms. The summed E-state index contributed by atoms with van der Waals surface area (Å²) in [4.78, 5) is 89.8. The number of aliphatic hydroxyl groups is 2. The van der Waals surface area contributed by atoms with Crippen LogP contribution in [0.15, 0.2) is 103 Å². The summed E-state index contributed by atoms with van der Waals surface area (Å²) in [5.41, 5.74) is -0.191. The first-order valence-electron chi connectivity index (χ1n) is 26.9. The summed E-state index contributed by atoms with van der Waals surface area (Å²) < 4.78 is 48.0. The van der Waals surface area contributed by atoms with Crippen LogP contribution in [0.2, 0.25) is 0 Å². The van der Waals surface area contributed by atoms with Crippen LogP contribution in [0.4, 0.5) is 19.3 Å². The maximum absolute atomic E-state index is 14.6. The number of alkyl carbamates (subject to hydrolysis) is 1. The third-order valence-electron chi connectivity index (χ3n) is 17.5. The normalized spacial score (nSPS) is 28.5. The lowest BCUT2D eigenvalue weighted by molar-refractivity contribution is -0.201. The second-order valence-electron chi connectivity index (χ2n) is 22.7. The molecule has 1 aromatic heterocycles. The highest BCUT2D eigenvalue weighted by Crippen LogP contribution is 2.70. The second kappa shape index (κ2) is 22.3. The van der Waals surface area contributed by atoms with E-state index in [9.17, 15) is 57.7 Å². The van der Waals surface area contributed by atoms with Gasteiger partial charge in [0.1, 0.15) is 19.3 Å². The molecular formula is C58H62F2N8O13. The Morgan fingerprint density at radius 2 is 1.59 bits per heavy atom. The molecule has 7 N–H and O–H groups in total. The quantitative estimate of drug-likeness (QED) is 0.0662. The van der Waals surface area contributed by atoms with Crippen molar-refractivity contribution in [3.63, 3.8) is 0 Å². The van der Waals surface area contributed by atoms with Crippen LogP contribution >= 0.6 is 0 Å². The van der Waals surface area contributed by atoms with Crippen LogP contribution in [0, 0.1) is 28.6 Å². The molecule has 0 spiro atoms. The van der Waals surface area contributed by atoms with Crippen molar-refractivity contribution >= 4 is 47.0 Å². The average molecular weight is 1120 g/mol. The van der Waals surface area contributed by atoms with Crippen molar-refractivity contribution in [2.45, 2.75) is 126 Å². The summed E-state index contributed by atoms with van der Waals surface area (Å²) in [6.07, 6.45) is 2.85. The Morgan fingerprint density at radius 3 is 2.27 bits per heavy atom. The number of Topliss-reactive ketones (excluding diaryl/α,β-unsaturated/α-hetero) is 1. The maximum atomic E-state index is 14.6. The number of ketones is 2. The largest absolute Gasteiger partial charge is 0.481 e. The van der Waals surface area contributed by atoms with Crippen LogP contribution in [0.25, 0.3) is 11.4 Å². The first kappa shape index (κ1) is 56.5. The molecule has 1 unspecified atom stereocenters. The number of fused-ring (bicyclic) bond motifs is 7. The number of aliphatic hydroxyl groups excluding tert-OH is 2. The highest BCUT2D eigenvalue weighted by atomic mass is 19.3. The maximum Gasteiger partial charge on any atom is 0.407 e. The average Bonchev–Trinajstić information content (AvgIpc) is 1.74. The number of aliphatic carboxylic acids is 1. The molecule has 3 aromatic carbocycles. The molecule has 1 aliphatic heterocycles. The van der Waals surface area contributed by atoms with Crippen molar-refractivity contribution in [3.05, 3.63) is 125 Å². The van der Waals surface area contributed by atoms with E-state index in [0.717, 1.165) is 5.57 Å². The van der Waals surface area contributed by atoms with Gasteiger partial charge in [0, 0.05) is 52.8 Å². The smallest absolute Gasteiger partial charge is 0.407 e. The van der Waals surface area contributed by atoms with Crippen molar-refractivity contribution in [2.24, 2.45) is 28.6 Å². The van der Waals surface area contributed by atoms with Gasteiger partial charge in [-0.2, -0.15) is 0 Å². The number of carboxylic acids is 1. The fraction of sp³-hybridized carbons (Fsp3) is 0.466. The number of aromatic nitrogens is 4. The SMILES string of the molecule is C[C@]12C=CC(=O)C=C1CC[C@@H]1[C@@H]2[C@@H](O)C[C@@]2(C)[C@H]1C[C@H]1OC(c3ccc(CC4(NC(=O)OCc5ccc(NC(=O)[C@H](CCC(=O)O)NC(=O)CNC(=O)Cc6ccc(-c7nncnn7)cc6)cc5)CC(F)(F)C4)cc3)O[C@]12C(=O)CO. The second-order valence-corrected chi connectivity index (χ2v) is 22.7. The van der Waals surface area contributed by atoms with E-state index in [2.05, 4.69) is 48.6 Å². The molecule has 5 fully saturated rings. The number of allylic oxidation sites excluding steroid dienone is 4. The summed E-state index contributed by atoms with van der Waals surface area (Å²) in [6.45, 7) is 2.46. The minimum Gasteiger partial charge on any atom is -0.481 e. The van der Waals surface area contributed by atoms with Gasteiger partial charge < -0.3 is 50.8 Å². The van der Waals surface area contributed by atoms with Gasteiger partial charge in [-0.1, -0.05) is 86.2 Å². The van der Waals surface area contributed by atoms with Crippen LogP contribution < -0.4 is 21.3 Å². The van der Waals surface area contributed by atoms with Gasteiger partial charge in [-0.3, -0.25) is 28.8 Å². The Kier molecular flexibility index (Phi) is 15.6. The van der Waals surface area contributed by atoms with E-state index in [1.165, 1.54) is 30.6 Å². The van der Waals surface area contributed by atoms with E-state index in [0.29, 0.717) is 52.9 Å². The van der Waals surface area contributed by atoms with Crippen LogP contribution in [-0.2, 0) is 62.4 Å². The molecule has 5 aliphatic carbocycles. The van der Waals surface area contributed by atoms with Crippen LogP contribution in [-0.4, -0.2) is 126 Å². The van der Waals surface area contributed by atoms with Crippen molar-refractivity contribution in [2.75, 3.05) is 18.5 Å². The molecule has 10 atom stereocenters. The molecule has 0 radical (unpaired) electrons. The molecule has 10 rings (SSSR count). The molecule has 81 heavy (non-hydrogen) atoms. The lowest BCUT2D eigenvalue weighted by atomic mass is 9.46. The van der Waals surface area contributed by atoms with Gasteiger partial charge >= 0.3 is 12.1 Å². The van der Waals surface area contributed by atoms with Crippen molar-refractivity contribution in [1.29, 1.82) is 0 Å². The predicted molar refractivity (Wildman–Crippen MR) is 281 cm³/mol. The monoisotopic (exact) mass is 1120 g/mol. The van der Waals surface area contributed by atoms with E-state index >= 15 is 0 Å². The van der Waals surface area contributed by atoms with Gasteiger partial charge in [-0.15, -0.1) is 20.4 Å². The Bertz CT molecular complexity index is 3160. The lowest BCUT2D eigenvalue weighted by Gasteiger charge is -2.59. The Hall–Kier alpha value is -7.73. The van der Waals surface area contributed by atoms with Gasteiger partial charge in [-0.25, -0.2) is 13.6 Å². The number of hydrogen-bond donors (Lipinski definition) is 7. The van der Waals surface area contributed by atoms with Crippen LogP contribution in [0.5, 0.6) is 0 Å². The third-order valence-corrected chi connectivity index (χ3v) is 17.5. The number of anilines is 1. The fourth-order valence-corrected chi connectivity index (χ4v) is 13.8. The Morgan fingerprint density at radius 1 is 0.901 bits per heavy atom. The Labute approximate surface area is 463 Å². The molecule has 4 amide bonds. The number of ether oxygens (including phenoxy) is 3. The molecule has 6 aliphatic rings. The number of benzene rings is 3. The van der Waals surface area contributed by atoms with Gasteiger partial charge in [0.25, 0.3) is 5.92 Å². The minimum atomic E-state index is -3.04. The van der Waals surface area contributed by atoms with Crippen molar-refractivity contribution < 1.29 is 71.9 Å². The summed E-state index contributed by atoms with van der Waals surface area (Å²) in [5.74, 6) is -6.79. The van der Waals surface area contributed by atoms with E-state index < -0.39 is 120 Å². The fourth-order valence-electron chi connectivity index (χ4n) is 13.8. The highest BCUT2D eigenvalue weighted by molar-refractivity contribution is 6.01. The number of hydrogen-bond acceptors (Lipinski definition) is 16. The summed E-state index contributed by atoms with van der Waals surface area (Å²) in [7, 11) is 0. The topological polar surface area (TPSA) is 308 Å². The number of amides is 4. The summed E-state index contributed by atoms with van der Waals surface area (Å²) >= 11 is 0. The molecule has 1 saturated heterocycles. The van der Waals surface area contributed by atoms with Gasteiger partial charge in [0.15, 0.2) is 29.8 Å². The van der Waals surface area contributed by atoms with Crippen LogP contribution in [0.3, 0.4) is 0 Å². The van der Waals surface area contributed by atoms with Crippen LogP contribution in [0.1, 0.15) is 93.8 Å². The number of nitrogens with one attached hydrogen (secondary N) is 4. The minimum absolute atomic E-state index is 0.0135. The Balaban J connectivity index is 0.711. The highest BCUT2D eigenvalue weighted by Gasteiger charge is 2.76. The number of carbonyl (C=O) groups is 7. The third kappa shape index (κ3) is 11.4. The number of nitrogens with zero attached hydrogens (tertiary/aromatic N) is 4.